The van der Waals surface area contributed by atoms with Crippen LogP contribution < -0.4 is 19.1 Å². The molecule has 7 heteroatoms. The minimum absolute atomic E-state index is 0.554. The average Bonchev–Trinajstić information content (AvgIpc) is 2.77. The van der Waals surface area contributed by atoms with E-state index in [4.69, 9.17) is 24.2 Å². The van der Waals surface area contributed by atoms with Crippen molar-refractivity contribution in [2.75, 3.05) is 59.5 Å². The monoisotopic (exact) mass is 394 g/mol. The van der Waals surface area contributed by atoms with Gasteiger partial charge < -0.3 is 24.0 Å². The van der Waals surface area contributed by atoms with Crippen LogP contribution in [0.3, 0.4) is 0 Å². The Morgan fingerprint density at radius 3 is 2.10 bits per heavy atom. The van der Waals surface area contributed by atoms with Gasteiger partial charge in [-0.25, -0.2) is 9.97 Å². The van der Waals surface area contributed by atoms with E-state index in [1.165, 1.54) is 0 Å². The number of ether oxygens (including phenoxy) is 3. The van der Waals surface area contributed by atoms with Crippen molar-refractivity contribution in [1.82, 2.24) is 14.9 Å². The largest absolute Gasteiger partial charge is 0.493 e. The molecule has 0 bridgehead atoms. The first kappa shape index (κ1) is 19.3. The Morgan fingerprint density at radius 2 is 1.48 bits per heavy atom. The van der Waals surface area contributed by atoms with E-state index in [-0.39, 0.29) is 0 Å². The van der Waals surface area contributed by atoms with Crippen LogP contribution in [-0.4, -0.2) is 69.4 Å². The predicted molar refractivity (Wildman–Crippen MR) is 114 cm³/mol. The van der Waals surface area contributed by atoms with Crippen molar-refractivity contribution in [2.45, 2.75) is 0 Å². The zero-order valence-corrected chi connectivity index (χ0v) is 17.3. The van der Waals surface area contributed by atoms with Gasteiger partial charge in [-0.2, -0.15) is 0 Å². The van der Waals surface area contributed by atoms with Crippen molar-refractivity contribution >= 4 is 16.7 Å². The molecule has 2 aromatic carbocycles. The Kier molecular flexibility index (Phi) is 5.40. The van der Waals surface area contributed by atoms with Crippen LogP contribution in [0.1, 0.15) is 0 Å². The Balaban J connectivity index is 1.87. The maximum Gasteiger partial charge on any atom is 0.203 e. The standard InChI is InChI=1S/C22H26N4O3/c1-25-9-11-26(12-10-25)22-16-7-5-6-8-17(16)23-21(24-22)15-13-18(27-2)20(29-4)19(14-15)28-3/h5-8,13-14H,9-12H2,1-4H3. The molecule has 152 valence electrons. The number of benzene rings is 2. The van der Waals surface area contributed by atoms with E-state index in [2.05, 4.69) is 22.9 Å². The molecule has 3 aromatic rings. The number of piperazine rings is 1. The third kappa shape index (κ3) is 3.65. The predicted octanol–water partition coefficient (Wildman–Crippen LogP) is 3.07. The molecule has 1 aliphatic rings. The number of methoxy groups -OCH3 is 3. The van der Waals surface area contributed by atoms with Crippen LogP contribution in [0.2, 0.25) is 0 Å². The van der Waals surface area contributed by atoms with Gasteiger partial charge in [-0.3, -0.25) is 0 Å². The van der Waals surface area contributed by atoms with Gasteiger partial charge in [0.25, 0.3) is 0 Å². The van der Waals surface area contributed by atoms with E-state index in [1.807, 2.05) is 30.3 Å². The van der Waals surface area contributed by atoms with Crippen molar-refractivity contribution in [2.24, 2.45) is 0 Å². The molecule has 0 radical (unpaired) electrons. The van der Waals surface area contributed by atoms with Gasteiger partial charge in [0.05, 0.1) is 26.8 Å². The Bertz CT molecular complexity index is 991. The van der Waals surface area contributed by atoms with Crippen LogP contribution in [-0.2, 0) is 0 Å². The number of aromatic nitrogens is 2. The number of hydrogen-bond acceptors (Lipinski definition) is 7. The highest BCUT2D eigenvalue weighted by atomic mass is 16.5. The molecule has 0 atom stereocenters. The minimum Gasteiger partial charge on any atom is -0.493 e. The molecule has 0 unspecified atom stereocenters. The normalized spacial score (nSPS) is 14.8. The summed E-state index contributed by atoms with van der Waals surface area (Å²) in [6.45, 7) is 3.90. The first-order valence-electron chi connectivity index (χ1n) is 9.65. The number of nitrogens with zero attached hydrogens (tertiary/aromatic N) is 4. The number of anilines is 1. The summed E-state index contributed by atoms with van der Waals surface area (Å²) < 4.78 is 16.5. The van der Waals surface area contributed by atoms with E-state index in [9.17, 15) is 0 Å². The number of fused-ring (bicyclic) bond motifs is 1. The highest BCUT2D eigenvalue weighted by Gasteiger charge is 2.21. The lowest BCUT2D eigenvalue weighted by molar-refractivity contribution is 0.312. The van der Waals surface area contributed by atoms with Crippen LogP contribution in [0.15, 0.2) is 36.4 Å². The summed E-state index contributed by atoms with van der Waals surface area (Å²) in [6, 6.07) is 11.9. The molecular weight excluding hydrogens is 368 g/mol. The highest BCUT2D eigenvalue weighted by molar-refractivity contribution is 5.91. The first-order chi connectivity index (χ1) is 14.1. The molecule has 1 aliphatic heterocycles. The van der Waals surface area contributed by atoms with Crippen LogP contribution >= 0.6 is 0 Å². The Hall–Kier alpha value is -3.06. The van der Waals surface area contributed by atoms with Crippen molar-refractivity contribution in [1.29, 1.82) is 0 Å². The molecule has 0 aliphatic carbocycles. The van der Waals surface area contributed by atoms with Gasteiger partial charge in [0, 0.05) is 37.1 Å². The summed E-state index contributed by atoms with van der Waals surface area (Å²) in [7, 11) is 6.96. The molecule has 2 heterocycles. The second-order valence-electron chi connectivity index (χ2n) is 7.09. The van der Waals surface area contributed by atoms with Gasteiger partial charge in [-0.15, -0.1) is 0 Å². The maximum absolute atomic E-state index is 5.51. The van der Waals surface area contributed by atoms with Crippen molar-refractivity contribution in [3.8, 4) is 28.6 Å². The fourth-order valence-electron chi connectivity index (χ4n) is 3.66. The summed E-state index contributed by atoms with van der Waals surface area (Å²) >= 11 is 0. The summed E-state index contributed by atoms with van der Waals surface area (Å²) in [5.41, 5.74) is 1.74. The van der Waals surface area contributed by atoms with Crippen molar-refractivity contribution < 1.29 is 14.2 Å². The Morgan fingerprint density at radius 1 is 0.828 bits per heavy atom. The second kappa shape index (κ2) is 8.13. The van der Waals surface area contributed by atoms with Crippen LogP contribution in [0.4, 0.5) is 5.82 Å². The van der Waals surface area contributed by atoms with Crippen LogP contribution in [0.25, 0.3) is 22.3 Å². The molecule has 0 N–H and O–H groups in total. The number of rotatable bonds is 5. The molecule has 0 amide bonds. The van der Waals surface area contributed by atoms with Gasteiger partial charge in [-0.1, -0.05) is 12.1 Å². The lowest BCUT2D eigenvalue weighted by atomic mass is 10.1. The first-order valence-corrected chi connectivity index (χ1v) is 9.65. The van der Waals surface area contributed by atoms with Gasteiger partial charge >= 0.3 is 0 Å². The topological polar surface area (TPSA) is 60.0 Å². The molecule has 0 saturated carbocycles. The lowest BCUT2D eigenvalue weighted by Gasteiger charge is -2.33. The minimum atomic E-state index is 0.554. The fourth-order valence-corrected chi connectivity index (χ4v) is 3.66. The van der Waals surface area contributed by atoms with E-state index in [1.54, 1.807) is 21.3 Å². The molecule has 7 nitrogen and oxygen atoms in total. The summed E-state index contributed by atoms with van der Waals surface area (Å²) in [5.74, 6) is 3.32. The van der Waals surface area contributed by atoms with E-state index in [0.717, 1.165) is 48.5 Å². The quantitative estimate of drug-likeness (QED) is 0.659. The van der Waals surface area contributed by atoms with Gasteiger partial charge in [0.2, 0.25) is 5.75 Å². The number of hydrogen-bond donors (Lipinski definition) is 0. The van der Waals surface area contributed by atoms with Crippen molar-refractivity contribution in [3.05, 3.63) is 36.4 Å². The smallest absolute Gasteiger partial charge is 0.203 e. The Labute approximate surface area is 170 Å². The van der Waals surface area contributed by atoms with Gasteiger partial charge in [-0.05, 0) is 31.3 Å². The van der Waals surface area contributed by atoms with Crippen LogP contribution in [0, 0.1) is 0 Å². The molecule has 4 rings (SSSR count). The number of likely N-dealkylation sites (N-methyl/N-ethyl adjacent to an activating group) is 1. The third-order valence-corrected chi connectivity index (χ3v) is 5.31. The van der Waals surface area contributed by atoms with E-state index >= 15 is 0 Å². The van der Waals surface area contributed by atoms with Crippen LogP contribution in [0.5, 0.6) is 17.2 Å². The fraction of sp³-hybridized carbons (Fsp3) is 0.364. The van der Waals surface area contributed by atoms with Gasteiger partial charge in [0.15, 0.2) is 17.3 Å². The molecule has 1 fully saturated rings. The lowest BCUT2D eigenvalue weighted by Crippen LogP contribution is -2.45. The highest BCUT2D eigenvalue weighted by Crippen LogP contribution is 2.41. The SMILES string of the molecule is COc1cc(-c2nc(N3CCN(C)CC3)c3ccccc3n2)cc(OC)c1OC. The molecule has 1 saturated heterocycles. The second-order valence-corrected chi connectivity index (χ2v) is 7.09. The zero-order valence-electron chi connectivity index (χ0n) is 17.3. The molecule has 29 heavy (non-hydrogen) atoms. The zero-order chi connectivity index (χ0) is 20.4. The molecular formula is C22H26N4O3. The summed E-state index contributed by atoms with van der Waals surface area (Å²) in [4.78, 5) is 14.5. The molecule has 0 spiro atoms. The van der Waals surface area contributed by atoms with E-state index < -0.39 is 0 Å². The average molecular weight is 394 g/mol. The number of para-hydroxylation sites is 1. The maximum atomic E-state index is 5.51. The van der Waals surface area contributed by atoms with E-state index in [0.29, 0.717) is 23.1 Å². The third-order valence-electron chi connectivity index (χ3n) is 5.31. The summed E-state index contributed by atoms with van der Waals surface area (Å²) in [5, 5.41) is 1.06. The summed E-state index contributed by atoms with van der Waals surface area (Å²) in [6.07, 6.45) is 0. The molecule has 1 aromatic heterocycles. The van der Waals surface area contributed by atoms with Crippen molar-refractivity contribution in [3.63, 3.8) is 0 Å². The van der Waals surface area contributed by atoms with Gasteiger partial charge in [0.1, 0.15) is 5.82 Å².